The Bertz CT molecular complexity index is 396. The van der Waals surface area contributed by atoms with E-state index in [2.05, 4.69) is 22.1 Å². The summed E-state index contributed by atoms with van der Waals surface area (Å²) in [7, 11) is 5.60. The molecule has 2 N–H and O–H groups in total. The molecule has 0 aromatic heterocycles. The number of urea groups is 1. The second kappa shape index (κ2) is 6.06. The zero-order chi connectivity index (χ0) is 12.8. The second-order valence-electron chi connectivity index (χ2n) is 4.12. The van der Waals surface area contributed by atoms with Crippen LogP contribution in [0.5, 0.6) is 0 Å². The molecule has 0 aliphatic heterocycles. The molecule has 0 saturated carbocycles. The van der Waals surface area contributed by atoms with Crippen LogP contribution in [0.15, 0.2) is 30.8 Å². The SMILES string of the molecule is C=C(CN(C)C)c1ccc(NC(=O)NC)cc1. The van der Waals surface area contributed by atoms with Gasteiger partial charge in [-0.2, -0.15) is 0 Å². The molecule has 0 aliphatic carbocycles. The minimum absolute atomic E-state index is 0.218. The van der Waals surface area contributed by atoms with Crippen LogP contribution in [0.2, 0.25) is 0 Å². The van der Waals surface area contributed by atoms with Gasteiger partial charge in [-0.1, -0.05) is 18.7 Å². The molecule has 1 aromatic carbocycles. The van der Waals surface area contributed by atoms with E-state index in [0.717, 1.165) is 23.4 Å². The minimum atomic E-state index is -0.218. The maximum Gasteiger partial charge on any atom is 0.318 e. The summed E-state index contributed by atoms with van der Waals surface area (Å²) in [5, 5.41) is 5.21. The summed E-state index contributed by atoms with van der Waals surface area (Å²) < 4.78 is 0. The van der Waals surface area contributed by atoms with E-state index in [0.29, 0.717) is 0 Å². The molecular formula is C13H19N3O. The molecule has 0 atom stereocenters. The lowest BCUT2D eigenvalue weighted by Gasteiger charge is -2.13. The quantitative estimate of drug-likeness (QED) is 0.835. The highest BCUT2D eigenvalue weighted by atomic mass is 16.2. The van der Waals surface area contributed by atoms with E-state index in [1.165, 1.54) is 0 Å². The Balaban J connectivity index is 2.67. The molecule has 1 rings (SSSR count). The number of likely N-dealkylation sites (N-methyl/N-ethyl adjacent to an activating group) is 1. The molecule has 0 unspecified atom stereocenters. The molecule has 17 heavy (non-hydrogen) atoms. The number of hydrogen-bond donors (Lipinski definition) is 2. The van der Waals surface area contributed by atoms with E-state index < -0.39 is 0 Å². The standard InChI is InChI=1S/C13H19N3O/c1-10(9-16(3)4)11-5-7-12(8-6-11)15-13(17)14-2/h5-8H,1,9H2,2-4H3,(H2,14,15,17). The van der Waals surface area contributed by atoms with Crippen LogP contribution in [0.4, 0.5) is 10.5 Å². The lowest BCUT2D eigenvalue weighted by atomic mass is 10.1. The number of rotatable bonds is 4. The average molecular weight is 233 g/mol. The molecule has 4 heteroatoms. The van der Waals surface area contributed by atoms with Gasteiger partial charge in [-0.15, -0.1) is 0 Å². The highest BCUT2D eigenvalue weighted by Crippen LogP contribution is 2.16. The average Bonchev–Trinajstić information content (AvgIpc) is 2.28. The van der Waals surface area contributed by atoms with Crippen molar-refractivity contribution in [3.8, 4) is 0 Å². The Morgan fingerprint density at radius 3 is 2.35 bits per heavy atom. The van der Waals surface area contributed by atoms with Gasteiger partial charge >= 0.3 is 6.03 Å². The zero-order valence-electron chi connectivity index (χ0n) is 10.6. The molecule has 92 valence electrons. The summed E-state index contributed by atoms with van der Waals surface area (Å²) in [6.07, 6.45) is 0. The van der Waals surface area contributed by atoms with Gasteiger partial charge in [0.05, 0.1) is 0 Å². The van der Waals surface area contributed by atoms with Gasteiger partial charge < -0.3 is 15.5 Å². The Labute approximate surface area is 102 Å². The van der Waals surface area contributed by atoms with Gasteiger partial charge in [-0.05, 0) is 37.4 Å². The van der Waals surface area contributed by atoms with Crippen LogP contribution in [0.25, 0.3) is 5.57 Å². The third-order valence-electron chi connectivity index (χ3n) is 2.29. The Kier molecular flexibility index (Phi) is 4.72. The number of carbonyl (C=O) groups excluding carboxylic acids is 1. The Hall–Kier alpha value is -1.81. The van der Waals surface area contributed by atoms with E-state index >= 15 is 0 Å². The summed E-state index contributed by atoms with van der Waals surface area (Å²) in [6, 6.07) is 7.43. The van der Waals surface area contributed by atoms with Gasteiger partial charge in [-0.3, -0.25) is 0 Å². The highest BCUT2D eigenvalue weighted by molar-refractivity contribution is 5.89. The van der Waals surface area contributed by atoms with Crippen LogP contribution >= 0.6 is 0 Å². The van der Waals surface area contributed by atoms with Crippen molar-refractivity contribution < 1.29 is 4.79 Å². The number of carbonyl (C=O) groups is 1. The van der Waals surface area contributed by atoms with Gasteiger partial charge in [0, 0.05) is 19.3 Å². The maximum absolute atomic E-state index is 11.1. The second-order valence-corrected chi connectivity index (χ2v) is 4.12. The highest BCUT2D eigenvalue weighted by Gasteiger charge is 2.02. The van der Waals surface area contributed by atoms with Crippen molar-refractivity contribution in [2.45, 2.75) is 0 Å². The summed E-state index contributed by atoms with van der Waals surface area (Å²) in [5.41, 5.74) is 2.91. The molecule has 0 aliphatic rings. The number of hydrogen-bond acceptors (Lipinski definition) is 2. The molecule has 0 radical (unpaired) electrons. The normalized spacial score (nSPS) is 10.1. The van der Waals surface area contributed by atoms with E-state index in [1.54, 1.807) is 7.05 Å². The molecule has 2 amide bonds. The van der Waals surface area contributed by atoms with Crippen molar-refractivity contribution in [3.63, 3.8) is 0 Å². The predicted octanol–water partition coefficient (Wildman–Crippen LogP) is 2.01. The summed E-state index contributed by atoms with van der Waals surface area (Å²) >= 11 is 0. The molecule has 0 heterocycles. The molecule has 4 nitrogen and oxygen atoms in total. The number of benzene rings is 1. The fourth-order valence-electron chi connectivity index (χ4n) is 1.46. The summed E-state index contributed by atoms with van der Waals surface area (Å²) in [5.74, 6) is 0. The van der Waals surface area contributed by atoms with Gasteiger partial charge in [0.1, 0.15) is 0 Å². The van der Waals surface area contributed by atoms with Crippen LogP contribution in [0.3, 0.4) is 0 Å². The van der Waals surface area contributed by atoms with Crippen molar-refractivity contribution in [1.82, 2.24) is 10.2 Å². The van der Waals surface area contributed by atoms with Crippen molar-refractivity contribution in [3.05, 3.63) is 36.4 Å². The van der Waals surface area contributed by atoms with E-state index in [-0.39, 0.29) is 6.03 Å². The van der Waals surface area contributed by atoms with Gasteiger partial charge in [0.25, 0.3) is 0 Å². The zero-order valence-corrected chi connectivity index (χ0v) is 10.6. The molecule has 1 aromatic rings. The summed E-state index contributed by atoms with van der Waals surface area (Å²) in [6.45, 7) is 4.85. The van der Waals surface area contributed by atoms with Gasteiger partial charge in [-0.25, -0.2) is 4.79 Å². The number of nitrogens with zero attached hydrogens (tertiary/aromatic N) is 1. The van der Waals surface area contributed by atoms with E-state index in [9.17, 15) is 4.79 Å². The Morgan fingerprint density at radius 1 is 1.29 bits per heavy atom. The summed E-state index contributed by atoms with van der Waals surface area (Å²) in [4.78, 5) is 13.2. The largest absolute Gasteiger partial charge is 0.341 e. The lowest BCUT2D eigenvalue weighted by molar-refractivity contribution is 0.254. The maximum atomic E-state index is 11.1. The van der Waals surface area contributed by atoms with Gasteiger partial charge in [0.2, 0.25) is 0 Å². The van der Waals surface area contributed by atoms with Crippen LogP contribution in [0.1, 0.15) is 5.56 Å². The van der Waals surface area contributed by atoms with Crippen LogP contribution in [-0.2, 0) is 0 Å². The monoisotopic (exact) mass is 233 g/mol. The van der Waals surface area contributed by atoms with Gasteiger partial charge in [0.15, 0.2) is 0 Å². The third-order valence-corrected chi connectivity index (χ3v) is 2.29. The molecule has 0 bridgehead atoms. The van der Waals surface area contributed by atoms with Crippen LogP contribution in [0, 0.1) is 0 Å². The van der Waals surface area contributed by atoms with Crippen molar-refractivity contribution in [2.75, 3.05) is 33.0 Å². The minimum Gasteiger partial charge on any atom is -0.341 e. The lowest BCUT2D eigenvalue weighted by Crippen LogP contribution is -2.24. The third kappa shape index (κ3) is 4.28. The first-order chi connectivity index (χ1) is 8.02. The van der Waals surface area contributed by atoms with E-state index in [4.69, 9.17) is 0 Å². The topological polar surface area (TPSA) is 44.4 Å². The van der Waals surface area contributed by atoms with Crippen molar-refractivity contribution in [1.29, 1.82) is 0 Å². The Morgan fingerprint density at radius 2 is 1.88 bits per heavy atom. The molecular weight excluding hydrogens is 214 g/mol. The smallest absolute Gasteiger partial charge is 0.318 e. The number of amides is 2. The molecule has 0 spiro atoms. The fraction of sp³-hybridized carbons (Fsp3) is 0.308. The predicted molar refractivity (Wildman–Crippen MR) is 72.1 cm³/mol. The van der Waals surface area contributed by atoms with E-state index in [1.807, 2.05) is 38.4 Å². The van der Waals surface area contributed by atoms with Crippen molar-refractivity contribution in [2.24, 2.45) is 0 Å². The number of anilines is 1. The fourth-order valence-corrected chi connectivity index (χ4v) is 1.46. The first kappa shape index (κ1) is 13.3. The van der Waals surface area contributed by atoms with Crippen molar-refractivity contribution >= 4 is 17.3 Å². The molecule has 0 saturated heterocycles. The first-order valence-corrected chi connectivity index (χ1v) is 5.44. The van der Waals surface area contributed by atoms with Crippen LogP contribution < -0.4 is 10.6 Å². The van der Waals surface area contributed by atoms with Crippen LogP contribution in [-0.4, -0.2) is 38.6 Å². The first-order valence-electron chi connectivity index (χ1n) is 5.44. The number of nitrogens with one attached hydrogen (secondary N) is 2. The molecule has 0 fully saturated rings.